The number of quaternary nitrogens is 1. The number of benzene rings is 1. The first-order valence-electron chi connectivity index (χ1n) is 6.78. The van der Waals surface area contributed by atoms with E-state index >= 15 is 0 Å². The van der Waals surface area contributed by atoms with Gasteiger partial charge in [-0.15, -0.1) is 0 Å². The molecule has 0 amide bonds. The summed E-state index contributed by atoms with van der Waals surface area (Å²) in [6.45, 7) is 10.5. The van der Waals surface area contributed by atoms with Crippen LogP contribution in [0.2, 0.25) is 5.02 Å². The van der Waals surface area contributed by atoms with E-state index in [0.29, 0.717) is 6.04 Å². The van der Waals surface area contributed by atoms with Crippen molar-refractivity contribution in [3.8, 4) is 5.75 Å². The Morgan fingerprint density at radius 1 is 1.28 bits per heavy atom. The second-order valence-corrected chi connectivity index (χ2v) is 5.31. The summed E-state index contributed by atoms with van der Waals surface area (Å²) in [4.78, 5) is 0. The van der Waals surface area contributed by atoms with Gasteiger partial charge in [0.05, 0.1) is 19.2 Å². The molecule has 2 nitrogen and oxygen atoms in total. The molecule has 0 radical (unpaired) electrons. The van der Waals surface area contributed by atoms with Gasteiger partial charge in [0.25, 0.3) is 0 Å². The molecule has 0 unspecified atom stereocenters. The Balaban J connectivity index is 2.34. The van der Waals surface area contributed by atoms with E-state index in [1.165, 1.54) is 6.42 Å². The highest BCUT2D eigenvalue weighted by atomic mass is 35.5. The maximum absolute atomic E-state index is 6.06. The lowest BCUT2D eigenvalue weighted by atomic mass is 10.1. The van der Waals surface area contributed by atoms with Crippen molar-refractivity contribution < 1.29 is 10.1 Å². The number of rotatable bonds is 7. The Hall–Kier alpha value is -0.730. The minimum atomic E-state index is 0.713. The minimum absolute atomic E-state index is 0.713. The van der Waals surface area contributed by atoms with Crippen LogP contribution in [0.4, 0.5) is 0 Å². The van der Waals surface area contributed by atoms with Gasteiger partial charge >= 0.3 is 0 Å². The molecule has 2 N–H and O–H groups in total. The molecule has 0 heterocycles. The fraction of sp³-hybridized carbons (Fsp3) is 0.600. The number of halogens is 1. The molecular formula is C15H25ClNO+. The van der Waals surface area contributed by atoms with Crippen LogP contribution in [-0.4, -0.2) is 19.2 Å². The largest absolute Gasteiger partial charge is 0.493 e. The standard InChI is InChI=1S/C15H24ClNO/c1-5-11(2)17-9-6-10-18-15-8-7-14(16)12(3)13(15)4/h7-8,11,17H,5-6,9-10H2,1-4H3/p+1/t11-/m0/s1. The van der Waals surface area contributed by atoms with Gasteiger partial charge in [0, 0.05) is 11.4 Å². The first-order chi connectivity index (χ1) is 8.56. The molecule has 0 bridgehead atoms. The maximum Gasteiger partial charge on any atom is 0.122 e. The molecule has 102 valence electrons. The SMILES string of the molecule is CC[C@H](C)[NH2+]CCCOc1ccc(Cl)c(C)c1C. The molecule has 0 aliphatic heterocycles. The van der Waals surface area contributed by atoms with E-state index < -0.39 is 0 Å². The smallest absolute Gasteiger partial charge is 0.122 e. The van der Waals surface area contributed by atoms with Crippen LogP contribution in [0.15, 0.2) is 12.1 Å². The first-order valence-corrected chi connectivity index (χ1v) is 7.15. The molecule has 0 saturated carbocycles. The Kier molecular flexibility index (Phi) is 6.51. The van der Waals surface area contributed by atoms with Crippen molar-refractivity contribution in [3.63, 3.8) is 0 Å². The fourth-order valence-corrected chi connectivity index (χ4v) is 1.96. The van der Waals surface area contributed by atoms with Gasteiger partial charge in [-0.25, -0.2) is 0 Å². The van der Waals surface area contributed by atoms with Crippen molar-refractivity contribution in [2.24, 2.45) is 0 Å². The molecule has 0 spiro atoms. The van der Waals surface area contributed by atoms with Crippen molar-refractivity contribution in [1.29, 1.82) is 0 Å². The van der Waals surface area contributed by atoms with Crippen LogP contribution in [0.5, 0.6) is 5.75 Å². The van der Waals surface area contributed by atoms with Crippen LogP contribution in [-0.2, 0) is 0 Å². The number of hydrogen-bond acceptors (Lipinski definition) is 1. The van der Waals surface area contributed by atoms with Gasteiger partial charge in [0.15, 0.2) is 0 Å². The van der Waals surface area contributed by atoms with Crippen molar-refractivity contribution in [2.45, 2.75) is 46.6 Å². The predicted octanol–water partition coefficient (Wildman–Crippen LogP) is 3.09. The number of hydrogen-bond donors (Lipinski definition) is 1. The third kappa shape index (κ3) is 4.51. The molecule has 18 heavy (non-hydrogen) atoms. The summed E-state index contributed by atoms with van der Waals surface area (Å²) >= 11 is 6.06. The Morgan fingerprint density at radius 3 is 2.67 bits per heavy atom. The zero-order valence-corrected chi connectivity index (χ0v) is 12.7. The molecule has 1 atom stereocenters. The third-order valence-electron chi connectivity index (χ3n) is 3.49. The second-order valence-electron chi connectivity index (χ2n) is 4.91. The van der Waals surface area contributed by atoms with E-state index in [-0.39, 0.29) is 0 Å². The van der Waals surface area contributed by atoms with Crippen LogP contribution in [0.1, 0.15) is 37.8 Å². The molecule has 0 aromatic heterocycles. The topological polar surface area (TPSA) is 25.8 Å². The monoisotopic (exact) mass is 270 g/mol. The van der Waals surface area contributed by atoms with Gasteiger partial charge in [0.2, 0.25) is 0 Å². The van der Waals surface area contributed by atoms with Crippen LogP contribution in [0.3, 0.4) is 0 Å². The lowest BCUT2D eigenvalue weighted by molar-refractivity contribution is -0.686. The second kappa shape index (κ2) is 7.65. The lowest BCUT2D eigenvalue weighted by Gasteiger charge is -2.12. The summed E-state index contributed by atoms with van der Waals surface area (Å²) < 4.78 is 5.81. The van der Waals surface area contributed by atoms with Crippen molar-refractivity contribution in [2.75, 3.05) is 13.2 Å². The average molecular weight is 271 g/mol. The van der Waals surface area contributed by atoms with Crippen molar-refractivity contribution in [1.82, 2.24) is 0 Å². The Bertz CT molecular complexity index is 379. The number of ether oxygens (including phenoxy) is 1. The number of nitrogens with two attached hydrogens (primary N) is 1. The van der Waals surface area contributed by atoms with Gasteiger partial charge in [0.1, 0.15) is 5.75 Å². The highest BCUT2D eigenvalue weighted by Crippen LogP contribution is 2.27. The quantitative estimate of drug-likeness (QED) is 0.757. The summed E-state index contributed by atoms with van der Waals surface area (Å²) in [6.07, 6.45) is 2.29. The summed E-state index contributed by atoms with van der Waals surface area (Å²) in [5.41, 5.74) is 2.26. The molecule has 1 aromatic carbocycles. The molecule has 0 fully saturated rings. The van der Waals surface area contributed by atoms with E-state index in [9.17, 15) is 0 Å². The molecule has 3 heteroatoms. The van der Waals surface area contributed by atoms with Crippen molar-refractivity contribution in [3.05, 3.63) is 28.3 Å². The average Bonchev–Trinajstić information content (AvgIpc) is 2.37. The van der Waals surface area contributed by atoms with Gasteiger partial charge in [-0.1, -0.05) is 18.5 Å². The maximum atomic E-state index is 6.06. The zero-order chi connectivity index (χ0) is 13.5. The Morgan fingerprint density at radius 2 is 2.00 bits per heavy atom. The third-order valence-corrected chi connectivity index (χ3v) is 3.90. The van der Waals surface area contributed by atoms with Crippen LogP contribution >= 0.6 is 11.6 Å². The summed E-state index contributed by atoms with van der Waals surface area (Å²) in [7, 11) is 0. The van der Waals surface area contributed by atoms with Gasteiger partial charge in [-0.2, -0.15) is 0 Å². The highest BCUT2D eigenvalue weighted by molar-refractivity contribution is 6.31. The van der Waals surface area contributed by atoms with E-state index in [1.807, 2.05) is 19.1 Å². The Labute approximate surface area is 116 Å². The molecule has 0 aliphatic carbocycles. The van der Waals surface area contributed by atoms with E-state index in [4.69, 9.17) is 16.3 Å². The summed E-state index contributed by atoms with van der Waals surface area (Å²) in [6, 6.07) is 4.58. The normalized spacial score (nSPS) is 12.5. The first kappa shape index (κ1) is 15.3. The van der Waals surface area contributed by atoms with Crippen molar-refractivity contribution >= 4 is 11.6 Å². The summed E-state index contributed by atoms with van der Waals surface area (Å²) in [5.74, 6) is 0.959. The lowest BCUT2D eigenvalue weighted by Crippen LogP contribution is -2.89. The fourth-order valence-electron chi connectivity index (χ4n) is 1.75. The zero-order valence-electron chi connectivity index (χ0n) is 11.9. The molecule has 0 aliphatic rings. The van der Waals surface area contributed by atoms with Crippen LogP contribution in [0, 0.1) is 13.8 Å². The van der Waals surface area contributed by atoms with E-state index in [0.717, 1.165) is 41.5 Å². The van der Waals surface area contributed by atoms with Gasteiger partial charge < -0.3 is 10.1 Å². The molecule has 1 aromatic rings. The van der Waals surface area contributed by atoms with Crippen LogP contribution < -0.4 is 10.1 Å². The highest BCUT2D eigenvalue weighted by Gasteiger charge is 2.06. The predicted molar refractivity (Wildman–Crippen MR) is 77.6 cm³/mol. The van der Waals surface area contributed by atoms with Crippen LogP contribution in [0.25, 0.3) is 0 Å². The molecule has 0 saturated heterocycles. The summed E-state index contributed by atoms with van der Waals surface area (Å²) in [5, 5.41) is 3.19. The van der Waals surface area contributed by atoms with E-state index in [1.54, 1.807) is 0 Å². The van der Waals surface area contributed by atoms with E-state index in [2.05, 4.69) is 26.1 Å². The van der Waals surface area contributed by atoms with Gasteiger partial charge in [-0.3, -0.25) is 0 Å². The minimum Gasteiger partial charge on any atom is -0.493 e. The molecular weight excluding hydrogens is 246 g/mol. The molecule has 1 rings (SSSR count). The van der Waals surface area contributed by atoms with Gasteiger partial charge in [-0.05, 0) is 50.5 Å².